The fourth-order valence-electron chi connectivity index (χ4n) is 3.22. The number of pyridine rings is 1. The number of aromatic nitrogens is 3. The first-order valence-corrected chi connectivity index (χ1v) is 7.47. The smallest absolute Gasteiger partial charge is 0.157 e. The zero-order valence-electron chi connectivity index (χ0n) is 12.1. The van der Waals surface area contributed by atoms with Crippen LogP contribution in [0.5, 0.6) is 0 Å². The summed E-state index contributed by atoms with van der Waals surface area (Å²) in [5.74, 6) is 1.01. The standard InChI is InChI=1S/C15H23N5/c1-12-7-13(20-14(8-12)18-11-19-20)17-10-15(9-16)5-3-2-4-6-15/h7-8,11,17H,2-6,9-10,16H2,1H3. The average Bonchev–Trinajstić information content (AvgIpc) is 2.94. The summed E-state index contributed by atoms with van der Waals surface area (Å²) in [6.07, 6.45) is 7.99. The van der Waals surface area contributed by atoms with E-state index in [4.69, 9.17) is 5.73 Å². The molecule has 0 radical (unpaired) electrons. The molecule has 2 aromatic heterocycles. The largest absolute Gasteiger partial charge is 0.369 e. The van der Waals surface area contributed by atoms with Crippen LogP contribution in [0, 0.1) is 12.3 Å². The molecule has 3 N–H and O–H groups in total. The number of fused-ring (bicyclic) bond motifs is 1. The van der Waals surface area contributed by atoms with Gasteiger partial charge < -0.3 is 11.1 Å². The van der Waals surface area contributed by atoms with Gasteiger partial charge in [0.15, 0.2) is 5.65 Å². The van der Waals surface area contributed by atoms with Gasteiger partial charge in [0.2, 0.25) is 0 Å². The summed E-state index contributed by atoms with van der Waals surface area (Å²) in [4.78, 5) is 4.26. The maximum Gasteiger partial charge on any atom is 0.157 e. The molecule has 5 heteroatoms. The van der Waals surface area contributed by atoms with Crippen LogP contribution < -0.4 is 11.1 Å². The average molecular weight is 273 g/mol. The molecule has 2 heterocycles. The summed E-state index contributed by atoms with van der Waals surface area (Å²) in [5, 5.41) is 7.84. The van der Waals surface area contributed by atoms with Crippen molar-refractivity contribution < 1.29 is 0 Å². The molecule has 1 aliphatic carbocycles. The molecule has 0 aromatic carbocycles. The Morgan fingerprint density at radius 3 is 2.85 bits per heavy atom. The molecule has 108 valence electrons. The fraction of sp³-hybridized carbons (Fsp3) is 0.600. The van der Waals surface area contributed by atoms with Gasteiger partial charge in [-0.1, -0.05) is 19.3 Å². The van der Waals surface area contributed by atoms with Gasteiger partial charge in [0.25, 0.3) is 0 Å². The molecule has 20 heavy (non-hydrogen) atoms. The van der Waals surface area contributed by atoms with Crippen LogP contribution >= 0.6 is 0 Å². The number of nitrogens with one attached hydrogen (secondary N) is 1. The molecule has 0 spiro atoms. The van der Waals surface area contributed by atoms with E-state index in [1.165, 1.54) is 37.7 Å². The lowest BCUT2D eigenvalue weighted by Crippen LogP contribution is -2.39. The van der Waals surface area contributed by atoms with Gasteiger partial charge in [-0.15, -0.1) is 0 Å². The second-order valence-electron chi connectivity index (χ2n) is 6.07. The van der Waals surface area contributed by atoms with E-state index < -0.39 is 0 Å². The molecule has 0 saturated heterocycles. The van der Waals surface area contributed by atoms with Crippen molar-refractivity contribution in [2.75, 3.05) is 18.4 Å². The van der Waals surface area contributed by atoms with Crippen molar-refractivity contribution in [3.05, 3.63) is 24.0 Å². The van der Waals surface area contributed by atoms with E-state index in [2.05, 4.69) is 28.4 Å². The summed E-state index contributed by atoms with van der Waals surface area (Å²) in [6.45, 7) is 3.76. The van der Waals surface area contributed by atoms with Crippen LogP contribution in [-0.2, 0) is 0 Å². The summed E-state index contributed by atoms with van der Waals surface area (Å²) in [6, 6.07) is 4.16. The van der Waals surface area contributed by atoms with Gasteiger partial charge >= 0.3 is 0 Å². The van der Waals surface area contributed by atoms with E-state index in [1.807, 2.05) is 10.6 Å². The fourth-order valence-corrected chi connectivity index (χ4v) is 3.22. The van der Waals surface area contributed by atoms with Crippen LogP contribution in [0.15, 0.2) is 18.5 Å². The third kappa shape index (κ3) is 2.50. The summed E-state index contributed by atoms with van der Waals surface area (Å²) in [5.41, 5.74) is 8.38. The highest BCUT2D eigenvalue weighted by Crippen LogP contribution is 2.35. The predicted octanol–water partition coefficient (Wildman–Crippen LogP) is 2.36. The Balaban J connectivity index is 1.80. The van der Waals surface area contributed by atoms with E-state index in [9.17, 15) is 0 Å². The highest BCUT2D eigenvalue weighted by atomic mass is 15.3. The molecule has 3 rings (SSSR count). The van der Waals surface area contributed by atoms with E-state index in [0.717, 1.165) is 24.6 Å². The van der Waals surface area contributed by atoms with Crippen LogP contribution in [0.2, 0.25) is 0 Å². The van der Waals surface area contributed by atoms with Gasteiger partial charge in [0.1, 0.15) is 12.1 Å². The zero-order valence-corrected chi connectivity index (χ0v) is 12.1. The van der Waals surface area contributed by atoms with Gasteiger partial charge in [0, 0.05) is 6.54 Å². The lowest BCUT2D eigenvalue weighted by atomic mass is 9.74. The number of anilines is 1. The van der Waals surface area contributed by atoms with Crippen molar-refractivity contribution in [3.8, 4) is 0 Å². The molecular formula is C15H23N5. The molecule has 5 nitrogen and oxygen atoms in total. The SMILES string of the molecule is Cc1cc(NCC2(CN)CCCCC2)n2ncnc2c1. The highest BCUT2D eigenvalue weighted by molar-refractivity contribution is 5.51. The van der Waals surface area contributed by atoms with Gasteiger partial charge in [-0.3, -0.25) is 0 Å². The maximum atomic E-state index is 6.05. The first kappa shape index (κ1) is 13.4. The first-order chi connectivity index (χ1) is 9.72. The third-order valence-corrected chi connectivity index (χ3v) is 4.52. The monoisotopic (exact) mass is 273 g/mol. The predicted molar refractivity (Wildman–Crippen MR) is 80.8 cm³/mol. The van der Waals surface area contributed by atoms with E-state index in [0.29, 0.717) is 0 Å². The number of hydrogen-bond acceptors (Lipinski definition) is 4. The number of nitrogens with two attached hydrogens (primary N) is 1. The highest BCUT2D eigenvalue weighted by Gasteiger charge is 2.30. The van der Waals surface area contributed by atoms with Crippen molar-refractivity contribution >= 4 is 11.5 Å². The second kappa shape index (κ2) is 5.40. The van der Waals surface area contributed by atoms with Crippen LogP contribution in [-0.4, -0.2) is 27.7 Å². The Kier molecular flexibility index (Phi) is 3.61. The van der Waals surface area contributed by atoms with Crippen LogP contribution in [0.1, 0.15) is 37.7 Å². The zero-order chi connectivity index (χ0) is 14.0. The minimum atomic E-state index is 0.245. The number of nitrogens with zero attached hydrogens (tertiary/aromatic N) is 3. The number of aryl methyl sites for hydroxylation is 1. The molecule has 1 fully saturated rings. The number of hydrogen-bond donors (Lipinski definition) is 2. The number of rotatable bonds is 4. The molecule has 0 unspecified atom stereocenters. The Labute approximate surface area is 119 Å². The molecule has 0 atom stereocenters. The van der Waals surface area contributed by atoms with Crippen molar-refractivity contribution in [2.24, 2.45) is 11.1 Å². The Hall–Kier alpha value is -1.62. The molecular weight excluding hydrogens is 250 g/mol. The molecule has 1 saturated carbocycles. The maximum absolute atomic E-state index is 6.05. The molecule has 0 amide bonds. The van der Waals surface area contributed by atoms with Crippen molar-refractivity contribution in [2.45, 2.75) is 39.0 Å². The van der Waals surface area contributed by atoms with Crippen molar-refractivity contribution in [3.63, 3.8) is 0 Å². The van der Waals surface area contributed by atoms with Crippen molar-refractivity contribution in [1.82, 2.24) is 14.6 Å². The van der Waals surface area contributed by atoms with Gasteiger partial charge in [0.05, 0.1) is 0 Å². The van der Waals surface area contributed by atoms with Gasteiger partial charge in [-0.2, -0.15) is 9.61 Å². The third-order valence-electron chi connectivity index (χ3n) is 4.52. The lowest BCUT2D eigenvalue weighted by Gasteiger charge is -2.36. The topological polar surface area (TPSA) is 68.2 Å². The van der Waals surface area contributed by atoms with Crippen LogP contribution in [0.25, 0.3) is 5.65 Å². The molecule has 1 aliphatic rings. The Bertz CT molecular complexity index is 583. The Morgan fingerprint density at radius 1 is 1.30 bits per heavy atom. The Morgan fingerprint density at radius 2 is 2.10 bits per heavy atom. The minimum absolute atomic E-state index is 0.245. The summed E-state index contributed by atoms with van der Waals surface area (Å²) in [7, 11) is 0. The quantitative estimate of drug-likeness (QED) is 0.897. The van der Waals surface area contributed by atoms with Crippen molar-refractivity contribution in [1.29, 1.82) is 0 Å². The van der Waals surface area contributed by atoms with Gasteiger partial charge in [-0.25, -0.2) is 4.98 Å². The van der Waals surface area contributed by atoms with E-state index >= 15 is 0 Å². The molecule has 0 aliphatic heterocycles. The first-order valence-electron chi connectivity index (χ1n) is 7.47. The van der Waals surface area contributed by atoms with E-state index in [1.54, 1.807) is 6.33 Å². The minimum Gasteiger partial charge on any atom is -0.369 e. The van der Waals surface area contributed by atoms with E-state index in [-0.39, 0.29) is 5.41 Å². The van der Waals surface area contributed by atoms with Gasteiger partial charge in [-0.05, 0) is 49.4 Å². The second-order valence-corrected chi connectivity index (χ2v) is 6.07. The summed E-state index contributed by atoms with van der Waals surface area (Å²) >= 11 is 0. The normalized spacial score (nSPS) is 18.3. The lowest BCUT2D eigenvalue weighted by molar-refractivity contribution is 0.215. The summed E-state index contributed by atoms with van der Waals surface area (Å²) < 4.78 is 1.86. The van der Waals surface area contributed by atoms with Crippen LogP contribution in [0.4, 0.5) is 5.82 Å². The molecule has 0 bridgehead atoms. The molecule has 2 aromatic rings. The van der Waals surface area contributed by atoms with Crippen LogP contribution in [0.3, 0.4) is 0 Å².